The lowest BCUT2D eigenvalue weighted by Crippen LogP contribution is -2.40. The minimum absolute atomic E-state index is 0.377. The Bertz CT molecular complexity index is 686. The maximum atomic E-state index is 12.7. The zero-order valence-electron chi connectivity index (χ0n) is 12.0. The molecule has 0 fully saturated rings. The fourth-order valence-corrected chi connectivity index (χ4v) is 2.58. The molecule has 0 amide bonds. The third-order valence-corrected chi connectivity index (χ3v) is 3.90. The second-order valence-electron chi connectivity index (χ2n) is 5.08. The van der Waals surface area contributed by atoms with Crippen molar-refractivity contribution in [2.45, 2.75) is 18.2 Å². The number of halogens is 3. The van der Waals surface area contributed by atoms with Crippen LogP contribution in [0.4, 0.5) is 18.9 Å². The Balaban J connectivity index is 1.81. The minimum Gasteiger partial charge on any atom is -0.261 e. The molecule has 0 aromatic heterocycles. The number of nitrogens with zero attached hydrogens (tertiary/aromatic N) is 3. The van der Waals surface area contributed by atoms with Crippen molar-refractivity contribution >= 4 is 24.7 Å². The zero-order chi connectivity index (χ0) is 16.4. The van der Waals surface area contributed by atoms with Gasteiger partial charge in [0.15, 0.2) is 5.50 Å². The van der Waals surface area contributed by atoms with Gasteiger partial charge in [0.1, 0.15) is 6.34 Å². The number of hydrogen-bond donors (Lipinski definition) is 1. The fourth-order valence-electron chi connectivity index (χ4n) is 2.32. The first-order valence-electron chi connectivity index (χ1n) is 6.93. The first-order chi connectivity index (χ1) is 10.9. The number of hydrazine groups is 1. The van der Waals surface area contributed by atoms with E-state index in [9.17, 15) is 13.2 Å². The Morgan fingerprint density at radius 1 is 1.00 bits per heavy atom. The van der Waals surface area contributed by atoms with Crippen molar-refractivity contribution < 1.29 is 13.2 Å². The summed E-state index contributed by atoms with van der Waals surface area (Å²) < 4.78 is 38.0. The van der Waals surface area contributed by atoms with Crippen LogP contribution in [0, 0.1) is 0 Å². The van der Waals surface area contributed by atoms with Crippen LogP contribution in [-0.4, -0.2) is 16.8 Å². The van der Waals surface area contributed by atoms with Crippen LogP contribution >= 0.6 is 12.6 Å². The van der Waals surface area contributed by atoms with Crippen molar-refractivity contribution in [1.29, 1.82) is 0 Å². The van der Waals surface area contributed by atoms with Crippen LogP contribution in [-0.2, 0) is 12.7 Å². The van der Waals surface area contributed by atoms with E-state index in [1.165, 1.54) is 12.1 Å². The van der Waals surface area contributed by atoms with Gasteiger partial charge in [-0.2, -0.15) is 18.2 Å². The molecule has 3 nitrogen and oxygen atoms in total. The van der Waals surface area contributed by atoms with E-state index < -0.39 is 11.7 Å². The highest BCUT2D eigenvalue weighted by Crippen LogP contribution is 2.32. The van der Waals surface area contributed by atoms with Crippen LogP contribution in [0.3, 0.4) is 0 Å². The summed E-state index contributed by atoms with van der Waals surface area (Å²) in [5, 5.41) is 3.58. The highest BCUT2D eigenvalue weighted by molar-refractivity contribution is 7.80. The number of aliphatic imine (C=N–C) groups is 1. The summed E-state index contributed by atoms with van der Waals surface area (Å²) in [5.74, 6) is 0. The average molecular weight is 337 g/mol. The molecule has 1 aliphatic heterocycles. The SMILES string of the molecule is FC(F)(F)c1ccc(N2C=NC(S)N2Cc2ccccc2)cc1. The molecule has 0 saturated heterocycles. The lowest BCUT2D eigenvalue weighted by atomic mass is 10.2. The number of rotatable bonds is 3. The molecular formula is C16H14F3N3S. The fraction of sp³-hybridized carbons (Fsp3) is 0.188. The van der Waals surface area contributed by atoms with Gasteiger partial charge in [0.25, 0.3) is 0 Å². The van der Waals surface area contributed by atoms with Gasteiger partial charge in [-0.1, -0.05) is 30.3 Å². The number of thiol groups is 1. The van der Waals surface area contributed by atoms with Crippen molar-refractivity contribution in [3.05, 3.63) is 65.7 Å². The molecule has 0 saturated carbocycles. The van der Waals surface area contributed by atoms with E-state index in [0.29, 0.717) is 12.2 Å². The largest absolute Gasteiger partial charge is 0.416 e. The molecule has 120 valence electrons. The van der Waals surface area contributed by atoms with E-state index >= 15 is 0 Å². The molecule has 0 radical (unpaired) electrons. The molecule has 1 aliphatic rings. The van der Waals surface area contributed by atoms with Gasteiger partial charge in [0.05, 0.1) is 11.3 Å². The van der Waals surface area contributed by atoms with E-state index in [4.69, 9.17) is 0 Å². The summed E-state index contributed by atoms with van der Waals surface area (Å²) >= 11 is 4.40. The Kier molecular flexibility index (Phi) is 4.32. The van der Waals surface area contributed by atoms with Crippen LogP contribution in [0.1, 0.15) is 11.1 Å². The van der Waals surface area contributed by atoms with Gasteiger partial charge in [0.2, 0.25) is 0 Å². The molecule has 1 atom stereocenters. The topological polar surface area (TPSA) is 18.8 Å². The minimum atomic E-state index is -4.34. The summed E-state index contributed by atoms with van der Waals surface area (Å²) in [6, 6.07) is 14.7. The first-order valence-corrected chi connectivity index (χ1v) is 7.45. The average Bonchev–Trinajstić information content (AvgIpc) is 2.89. The maximum absolute atomic E-state index is 12.7. The van der Waals surface area contributed by atoms with E-state index in [1.54, 1.807) is 11.3 Å². The van der Waals surface area contributed by atoms with Gasteiger partial charge in [-0.05, 0) is 29.8 Å². The highest BCUT2D eigenvalue weighted by Gasteiger charge is 2.31. The molecular weight excluding hydrogens is 323 g/mol. The van der Waals surface area contributed by atoms with Crippen molar-refractivity contribution in [2.75, 3.05) is 5.01 Å². The third kappa shape index (κ3) is 3.51. The van der Waals surface area contributed by atoms with Crippen LogP contribution < -0.4 is 5.01 Å². The Morgan fingerprint density at radius 2 is 1.65 bits per heavy atom. The molecule has 1 unspecified atom stereocenters. The molecule has 23 heavy (non-hydrogen) atoms. The first kappa shape index (κ1) is 15.9. The van der Waals surface area contributed by atoms with Crippen LogP contribution in [0.25, 0.3) is 0 Å². The van der Waals surface area contributed by atoms with Crippen LogP contribution in [0.5, 0.6) is 0 Å². The van der Waals surface area contributed by atoms with Gasteiger partial charge < -0.3 is 0 Å². The van der Waals surface area contributed by atoms with Gasteiger partial charge in [-0.3, -0.25) is 5.01 Å². The van der Waals surface area contributed by atoms with Gasteiger partial charge in [-0.25, -0.2) is 4.99 Å². The Hall–Kier alpha value is -1.99. The van der Waals surface area contributed by atoms with Gasteiger partial charge in [-0.15, -0.1) is 12.6 Å². The Labute approximate surface area is 137 Å². The van der Waals surface area contributed by atoms with E-state index in [0.717, 1.165) is 17.7 Å². The lowest BCUT2D eigenvalue weighted by molar-refractivity contribution is -0.137. The van der Waals surface area contributed by atoms with Crippen molar-refractivity contribution in [3.8, 4) is 0 Å². The molecule has 0 aliphatic carbocycles. The summed E-state index contributed by atoms with van der Waals surface area (Å²) in [5.41, 5.74) is 0.620. The predicted molar refractivity (Wildman–Crippen MR) is 87.2 cm³/mol. The number of benzene rings is 2. The number of anilines is 1. The molecule has 2 aromatic rings. The second-order valence-corrected chi connectivity index (χ2v) is 5.55. The summed E-state index contributed by atoms with van der Waals surface area (Å²) in [4.78, 5) is 4.21. The van der Waals surface area contributed by atoms with Gasteiger partial charge in [0, 0.05) is 6.54 Å². The summed E-state index contributed by atoms with van der Waals surface area (Å²) in [6.07, 6.45) is -2.77. The monoisotopic (exact) mass is 337 g/mol. The van der Waals surface area contributed by atoms with Gasteiger partial charge >= 0.3 is 6.18 Å². The molecule has 2 aromatic carbocycles. The second kappa shape index (κ2) is 6.25. The van der Waals surface area contributed by atoms with E-state index in [1.807, 2.05) is 35.3 Å². The number of hydrogen-bond acceptors (Lipinski definition) is 4. The lowest BCUT2D eigenvalue weighted by Gasteiger charge is -2.30. The molecule has 1 heterocycles. The maximum Gasteiger partial charge on any atom is 0.416 e. The van der Waals surface area contributed by atoms with E-state index in [2.05, 4.69) is 17.6 Å². The standard InChI is InChI=1S/C16H14F3N3S/c17-16(18,19)13-6-8-14(9-7-13)22-11-20-15(23)21(22)10-12-4-2-1-3-5-12/h1-9,11,15,23H,10H2. The van der Waals surface area contributed by atoms with Crippen molar-refractivity contribution in [1.82, 2.24) is 5.01 Å². The molecule has 7 heteroatoms. The molecule has 0 spiro atoms. The smallest absolute Gasteiger partial charge is 0.261 e. The number of alkyl halides is 3. The summed E-state index contributed by atoms with van der Waals surface area (Å²) in [6.45, 7) is 0.552. The molecule has 3 rings (SSSR count). The van der Waals surface area contributed by atoms with Crippen LogP contribution in [0.2, 0.25) is 0 Å². The summed E-state index contributed by atoms with van der Waals surface area (Å²) in [7, 11) is 0. The van der Waals surface area contributed by atoms with Crippen LogP contribution in [0.15, 0.2) is 59.6 Å². The highest BCUT2D eigenvalue weighted by atomic mass is 32.1. The van der Waals surface area contributed by atoms with Crippen molar-refractivity contribution in [3.63, 3.8) is 0 Å². The normalized spacial score (nSPS) is 18.6. The third-order valence-electron chi connectivity index (χ3n) is 3.50. The quantitative estimate of drug-likeness (QED) is 0.847. The molecule has 0 bridgehead atoms. The Morgan fingerprint density at radius 3 is 2.26 bits per heavy atom. The zero-order valence-corrected chi connectivity index (χ0v) is 12.9. The van der Waals surface area contributed by atoms with Crippen molar-refractivity contribution in [2.24, 2.45) is 4.99 Å². The molecule has 0 N–H and O–H groups in total. The predicted octanol–water partition coefficient (Wildman–Crippen LogP) is 4.18. The van der Waals surface area contributed by atoms with E-state index in [-0.39, 0.29) is 5.50 Å².